The van der Waals surface area contributed by atoms with Gasteiger partial charge in [-0.2, -0.15) is 18.3 Å². The molecule has 1 aliphatic rings. The number of aryl methyl sites for hydroxylation is 1. The van der Waals surface area contributed by atoms with Gasteiger partial charge in [0.25, 0.3) is 0 Å². The third-order valence-corrected chi connectivity index (χ3v) is 5.99. The molecule has 1 unspecified atom stereocenters. The number of hydrogen-bond acceptors (Lipinski definition) is 5. The number of nitrogens with zero attached hydrogens (tertiary/aromatic N) is 3. The summed E-state index contributed by atoms with van der Waals surface area (Å²) < 4.78 is 54.9. The van der Waals surface area contributed by atoms with Gasteiger partial charge in [0.15, 0.2) is 5.82 Å². The molecule has 1 aliphatic heterocycles. The minimum Gasteiger partial charge on any atom is -0.367 e. The third kappa shape index (κ3) is 4.21. The molecular formula is C23H25F4N5. The monoisotopic (exact) mass is 447 g/mol. The number of halogens is 4. The van der Waals surface area contributed by atoms with E-state index in [9.17, 15) is 17.6 Å². The number of fused-ring (bicyclic) bond motifs is 1. The number of anilines is 2. The van der Waals surface area contributed by atoms with E-state index in [4.69, 9.17) is 0 Å². The molecule has 5 nitrogen and oxygen atoms in total. The summed E-state index contributed by atoms with van der Waals surface area (Å²) in [6.45, 7) is 7.89. The van der Waals surface area contributed by atoms with Gasteiger partial charge in [0.1, 0.15) is 5.82 Å². The summed E-state index contributed by atoms with van der Waals surface area (Å²) in [7, 11) is 0. The van der Waals surface area contributed by atoms with Gasteiger partial charge in [0.2, 0.25) is 0 Å². The van der Waals surface area contributed by atoms with Gasteiger partial charge in [-0.25, -0.2) is 4.39 Å². The molecule has 1 saturated heterocycles. The first-order valence-electron chi connectivity index (χ1n) is 10.5. The molecule has 2 aromatic carbocycles. The van der Waals surface area contributed by atoms with Crippen LogP contribution in [0.2, 0.25) is 0 Å². The molecule has 0 radical (unpaired) electrons. The van der Waals surface area contributed by atoms with E-state index in [-0.39, 0.29) is 11.4 Å². The highest BCUT2D eigenvalue weighted by Gasteiger charge is 2.33. The Morgan fingerprint density at radius 2 is 1.78 bits per heavy atom. The number of rotatable bonds is 4. The van der Waals surface area contributed by atoms with Crippen molar-refractivity contribution in [3.05, 3.63) is 58.5 Å². The van der Waals surface area contributed by atoms with Gasteiger partial charge in [0, 0.05) is 37.0 Å². The first-order valence-corrected chi connectivity index (χ1v) is 10.5. The van der Waals surface area contributed by atoms with Crippen molar-refractivity contribution in [3.63, 3.8) is 0 Å². The van der Waals surface area contributed by atoms with E-state index in [0.717, 1.165) is 19.2 Å². The molecule has 3 aromatic rings. The fourth-order valence-electron chi connectivity index (χ4n) is 4.26. The topological polar surface area (TPSA) is 53.1 Å². The number of nitrogens with one attached hydrogen (secondary N) is 2. The van der Waals surface area contributed by atoms with E-state index < -0.39 is 17.8 Å². The molecule has 0 saturated carbocycles. The molecule has 0 spiro atoms. The smallest absolute Gasteiger partial charge is 0.367 e. The molecule has 2 heterocycles. The molecule has 0 amide bonds. The second-order valence-corrected chi connectivity index (χ2v) is 8.10. The van der Waals surface area contributed by atoms with Crippen LogP contribution in [-0.2, 0) is 6.18 Å². The molecule has 9 heteroatoms. The van der Waals surface area contributed by atoms with E-state index in [0.29, 0.717) is 46.6 Å². The summed E-state index contributed by atoms with van der Waals surface area (Å²) in [5.41, 5.74) is 1.08. The number of benzene rings is 2. The van der Waals surface area contributed by atoms with Gasteiger partial charge in [-0.05, 0) is 50.1 Å². The molecular weight excluding hydrogens is 422 g/mol. The summed E-state index contributed by atoms with van der Waals surface area (Å²) in [4.78, 5) is 1.98. The van der Waals surface area contributed by atoms with E-state index in [1.165, 1.54) is 19.1 Å². The highest BCUT2D eigenvalue weighted by molar-refractivity contribution is 5.95. The van der Waals surface area contributed by atoms with Crippen LogP contribution < -0.4 is 15.5 Å². The average Bonchev–Trinajstić information content (AvgIpc) is 2.75. The summed E-state index contributed by atoms with van der Waals surface area (Å²) in [6, 6.07) is 6.89. The molecule has 170 valence electrons. The zero-order valence-electron chi connectivity index (χ0n) is 18.1. The lowest BCUT2D eigenvalue weighted by Crippen LogP contribution is -2.43. The number of hydrogen-bond donors (Lipinski definition) is 2. The van der Waals surface area contributed by atoms with Crippen LogP contribution in [0.1, 0.15) is 35.3 Å². The fraction of sp³-hybridized carbons (Fsp3) is 0.391. The number of aromatic nitrogens is 2. The van der Waals surface area contributed by atoms with Crippen LogP contribution in [0.15, 0.2) is 30.3 Å². The highest BCUT2D eigenvalue weighted by atomic mass is 19.4. The van der Waals surface area contributed by atoms with Crippen molar-refractivity contribution in [3.8, 4) is 0 Å². The van der Waals surface area contributed by atoms with Crippen molar-refractivity contribution in [2.45, 2.75) is 33.0 Å². The lowest BCUT2D eigenvalue weighted by Gasteiger charge is -2.30. The Kier molecular flexibility index (Phi) is 5.94. The second kappa shape index (κ2) is 8.54. The zero-order valence-corrected chi connectivity index (χ0v) is 18.1. The van der Waals surface area contributed by atoms with Crippen LogP contribution in [0.5, 0.6) is 0 Å². The summed E-state index contributed by atoms with van der Waals surface area (Å²) in [6.07, 6.45) is -4.42. The minimum absolute atomic E-state index is 0.164. The Hall–Kier alpha value is -2.94. The van der Waals surface area contributed by atoms with Crippen LogP contribution in [0.25, 0.3) is 10.8 Å². The van der Waals surface area contributed by atoms with Gasteiger partial charge >= 0.3 is 6.18 Å². The molecule has 0 bridgehead atoms. The normalized spacial score (nSPS) is 15.8. The number of alkyl halides is 3. The summed E-state index contributed by atoms with van der Waals surface area (Å²) in [5.74, 6) is 0.0783. The first kappa shape index (κ1) is 22.3. The van der Waals surface area contributed by atoms with Crippen LogP contribution in [0, 0.1) is 19.7 Å². The summed E-state index contributed by atoms with van der Waals surface area (Å²) >= 11 is 0. The largest absolute Gasteiger partial charge is 0.416 e. The van der Waals surface area contributed by atoms with Crippen LogP contribution >= 0.6 is 0 Å². The van der Waals surface area contributed by atoms with Crippen LogP contribution in [-0.4, -0.2) is 36.4 Å². The maximum absolute atomic E-state index is 14.9. The Morgan fingerprint density at radius 3 is 2.47 bits per heavy atom. The van der Waals surface area contributed by atoms with Gasteiger partial charge in [-0.3, -0.25) is 0 Å². The molecule has 0 aliphatic carbocycles. The highest BCUT2D eigenvalue weighted by Crippen LogP contribution is 2.36. The summed E-state index contributed by atoms with van der Waals surface area (Å²) in [5, 5.41) is 16.1. The molecule has 1 fully saturated rings. The maximum Gasteiger partial charge on any atom is 0.416 e. The molecule has 32 heavy (non-hydrogen) atoms. The predicted molar refractivity (Wildman–Crippen MR) is 118 cm³/mol. The Labute approximate surface area is 183 Å². The minimum atomic E-state index is -4.42. The number of piperazine rings is 1. The van der Waals surface area contributed by atoms with Gasteiger partial charge in [-0.1, -0.05) is 12.1 Å². The van der Waals surface area contributed by atoms with Crippen LogP contribution in [0.4, 0.5) is 29.1 Å². The second-order valence-electron chi connectivity index (χ2n) is 8.10. The third-order valence-electron chi connectivity index (χ3n) is 5.99. The average molecular weight is 447 g/mol. The lowest BCUT2D eigenvalue weighted by atomic mass is 9.97. The Bertz CT molecular complexity index is 1140. The van der Waals surface area contributed by atoms with E-state index in [2.05, 4.69) is 20.8 Å². The Morgan fingerprint density at radius 1 is 1.06 bits per heavy atom. The van der Waals surface area contributed by atoms with Crippen molar-refractivity contribution in [1.29, 1.82) is 0 Å². The van der Waals surface area contributed by atoms with Crippen molar-refractivity contribution in [1.82, 2.24) is 15.5 Å². The molecule has 4 rings (SSSR count). The van der Waals surface area contributed by atoms with Gasteiger partial charge < -0.3 is 15.5 Å². The molecule has 1 aromatic heterocycles. The zero-order chi connectivity index (χ0) is 23.0. The maximum atomic E-state index is 14.9. The first-order chi connectivity index (χ1) is 15.2. The van der Waals surface area contributed by atoms with Crippen LogP contribution in [0.3, 0.4) is 0 Å². The molecule has 2 N–H and O–H groups in total. The lowest BCUT2D eigenvalue weighted by molar-refractivity contribution is -0.138. The van der Waals surface area contributed by atoms with Gasteiger partial charge in [0.05, 0.1) is 23.0 Å². The van der Waals surface area contributed by atoms with E-state index in [1.54, 1.807) is 26.0 Å². The molecule has 1 atom stereocenters. The quantitative estimate of drug-likeness (QED) is 0.552. The van der Waals surface area contributed by atoms with Crippen molar-refractivity contribution in [2.24, 2.45) is 0 Å². The predicted octanol–water partition coefficient (Wildman–Crippen LogP) is 4.99. The Balaban J connectivity index is 1.74. The standard InChI is InChI=1S/C23H25F4N5/c1-13-16(5-4-6-19(13)23(25,26)27)14(2)29-22-18-12-21(32-9-7-28-8-10-32)20(24)11-17(18)15(3)30-31-22/h4-6,11-12,14,28H,7-10H2,1-3H3,(H,29,31). The SMILES string of the molecule is Cc1c(C(C)Nc2nnc(C)c3cc(F)c(N4CCNCC4)cc23)cccc1C(F)(F)F. The van der Waals surface area contributed by atoms with E-state index in [1.807, 2.05) is 4.90 Å². The van der Waals surface area contributed by atoms with Crippen molar-refractivity contribution in [2.75, 3.05) is 36.4 Å². The van der Waals surface area contributed by atoms with E-state index >= 15 is 0 Å². The van der Waals surface area contributed by atoms with Crippen molar-refractivity contribution < 1.29 is 17.6 Å². The van der Waals surface area contributed by atoms with Gasteiger partial charge in [-0.15, -0.1) is 5.10 Å². The van der Waals surface area contributed by atoms with Crippen molar-refractivity contribution >= 4 is 22.3 Å². The fourth-order valence-corrected chi connectivity index (χ4v) is 4.26.